The van der Waals surface area contributed by atoms with E-state index in [1.165, 1.54) is 29.8 Å². The molecule has 2 aromatic carbocycles. The highest BCUT2D eigenvalue weighted by atomic mass is 19.1. The first kappa shape index (κ1) is 23.0. The first-order valence-electron chi connectivity index (χ1n) is 11.4. The zero-order valence-electron chi connectivity index (χ0n) is 19.6. The summed E-state index contributed by atoms with van der Waals surface area (Å²) < 4.78 is 31.9. The van der Waals surface area contributed by atoms with Gasteiger partial charge in [0.2, 0.25) is 0 Å². The number of benzene rings is 2. The van der Waals surface area contributed by atoms with E-state index in [4.69, 9.17) is 4.98 Å². The van der Waals surface area contributed by atoms with E-state index in [2.05, 4.69) is 4.90 Å². The van der Waals surface area contributed by atoms with Crippen molar-refractivity contribution in [2.45, 2.75) is 13.1 Å². The van der Waals surface area contributed by atoms with Crippen molar-refractivity contribution in [2.24, 2.45) is 14.1 Å². The van der Waals surface area contributed by atoms with Crippen LogP contribution in [0.1, 0.15) is 11.4 Å². The number of imidazole rings is 1. The molecular weight excluding hydrogens is 454 g/mol. The quantitative estimate of drug-likeness (QED) is 0.438. The predicted octanol–water partition coefficient (Wildman–Crippen LogP) is 2.08. The van der Waals surface area contributed by atoms with Crippen LogP contribution in [0.5, 0.6) is 0 Å². The molecule has 3 heterocycles. The van der Waals surface area contributed by atoms with E-state index >= 15 is 0 Å². The van der Waals surface area contributed by atoms with Gasteiger partial charge in [-0.2, -0.15) is 0 Å². The number of aromatic nitrogens is 4. The SMILES string of the molecule is Cn1c(=O)c2c(nc(CN3CCN(c4ccccc4F)CC3)n2Cc2ccc(F)cc2)n(C)c1=O. The Morgan fingerprint density at radius 1 is 0.857 bits per heavy atom. The molecule has 0 saturated carbocycles. The van der Waals surface area contributed by atoms with Gasteiger partial charge in [0.1, 0.15) is 17.5 Å². The highest BCUT2D eigenvalue weighted by Gasteiger charge is 2.24. The second kappa shape index (κ2) is 9.10. The lowest BCUT2D eigenvalue weighted by Crippen LogP contribution is -2.46. The molecule has 0 radical (unpaired) electrons. The number of aryl methyl sites for hydroxylation is 1. The number of rotatable bonds is 5. The third-order valence-electron chi connectivity index (χ3n) is 6.61. The minimum atomic E-state index is -0.445. The molecule has 4 aromatic rings. The van der Waals surface area contributed by atoms with Crippen molar-refractivity contribution in [2.75, 3.05) is 31.1 Å². The van der Waals surface area contributed by atoms with Crippen LogP contribution in [-0.2, 0) is 27.2 Å². The van der Waals surface area contributed by atoms with Crippen LogP contribution in [0.25, 0.3) is 11.2 Å². The number of anilines is 1. The van der Waals surface area contributed by atoms with Crippen LogP contribution < -0.4 is 16.1 Å². The molecule has 8 nitrogen and oxygen atoms in total. The molecule has 1 aliphatic rings. The van der Waals surface area contributed by atoms with Gasteiger partial charge < -0.3 is 9.47 Å². The van der Waals surface area contributed by atoms with Crippen LogP contribution in [0, 0.1) is 11.6 Å². The molecular formula is C25H26F2N6O2. The maximum atomic E-state index is 14.2. The third kappa shape index (κ3) is 4.25. The van der Waals surface area contributed by atoms with Crippen molar-refractivity contribution in [1.82, 2.24) is 23.6 Å². The zero-order valence-corrected chi connectivity index (χ0v) is 19.6. The van der Waals surface area contributed by atoms with Crippen LogP contribution in [0.3, 0.4) is 0 Å². The molecule has 10 heteroatoms. The van der Waals surface area contributed by atoms with Crippen molar-refractivity contribution in [3.05, 3.63) is 92.4 Å². The van der Waals surface area contributed by atoms with Gasteiger partial charge in [0.25, 0.3) is 5.56 Å². The fourth-order valence-corrected chi connectivity index (χ4v) is 4.61. The number of para-hydroxylation sites is 1. The average molecular weight is 481 g/mol. The normalized spacial score (nSPS) is 14.7. The van der Waals surface area contributed by atoms with E-state index in [1.807, 2.05) is 15.5 Å². The Bertz CT molecular complexity index is 1500. The summed E-state index contributed by atoms with van der Waals surface area (Å²) in [4.78, 5) is 34.5. The fraction of sp³-hybridized carbons (Fsp3) is 0.320. The molecule has 35 heavy (non-hydrogen) atoms. The highest BCUT2D eigenvalue weighted by molar-refractivity contribution is 5.71. The second-order valence-corrected chi connectivity index (χ2v) is 8.83. The lowest BCUT2D eigenvalue weighted by atomic mass is 10.2. The van der Waals surface area contributed by atoms with Crippen LogP contribution in [-0.4, -0.2) is 49.8 Å². The van der Waals surface area contributed by atoms with Crippen LogP contribution in [0.15, 0.2) is 58.1 Å². The summed E-state index contributed by atoms with van der Waals surface area (Å²) in [6.45, 7) is 3.45. The van der Waals surface area contributed by atoms with Gasteiger partial charge in [0.05, 0.1) is 12.2 Å². The monoisotopic (exact) mass is 480 g/mol. The highest BCUT2D eigenvalue weighted by Crippen LogP contribution is 2.22. The number of nitrogens with zero attached hydrogens (tertiary/aromatic N) is 6. The smallest absolute Gasteiger partial charge is 0.332 e. The molecule has 0 spiro atoms. The number of hydrogen-bond donors (Lipinski definition) is 0. The Morgan fingerprint density at radius 2 is 1.54 bits per heavy atom. The maximum absolute atomic E-state index is 14.2. The summed E-state index contributed by atoms with van der Waals surface area (Å²) in [7, 11) is 3.04. The summed E-state index contributed by atoms with van der Waals surface area (Å²) >= 11 is 0. The molecule has 0 atom stereocenters. The van der Waals surface area contributed by atoms with Gasteiger partial charge in [0.15, 0.2) is 11.2 Å². The predicted molar refractivity (Wildman–Crippen MR) is 130 cm³/mol. The van der Waals surface area contributed by atoms with Crippen molar-refractivity contribution in [3.63, 3.8) is 0 Å². The van der Waals surface area contributed by atoms with Crippen molar-refractivity contribution >= 4 is 16.9 Å². The first-order chi connectivity index (χ1) is 16.8. The molecule has 0 bridgehead atoms. The number of hydrogen-bond acceptors (Lipinski definition) is 5. The third-order valence-corrected chi connectivity index (χ3v) is 6.61. The number of halogens is 2. The van der Waals surface area contributed by atoms with Gasteiger partial charge >= 0.3 is 5.69 Å². The van der Waals surface area contributed by atoms with Gasteiger partial charge in [-0.25, -0.2) is 18.6 Å². The van der Waals surface area contributed by atoms with Gasteiger partial charge in [-0.05, 0) is 29.8 Å². The van der Waals surface area contributed by atoms with E-state index in [0.717, 1.165) is 10.1 Å². The topological polar surface area (TPSA) is 68.3 Å². The molecule has 1 fully saturated rings. The lowest BCUT2D eigenvalue weighted by molar-refractivity contribution is 0.241. The molecule has 5 rings (SSSR count). The van der Waals surface area contributed by atoms with Crippen LogP contribution in [0.2, 0.25) is 0 Å². The summed E-state index contributed by atoms with van der Waals surface area (Å²) in [6, 6.07) is 12.8. The average Bonchev–Trinajstić information content (AvgIpc) is 3.21. The van der Waals surface area contributed by atoms with Crippen molar-refractivity contribution < 1.29 is 8.78 Å². The largest absolute Gasteiger partial charge is 0.367 e. The lowest BCUT2D eigenvalue weighted by Gasteiger charge is -2.36. The van der Waals surface area contributed by atoms with Gasteiger partial charge in [0, 0.05) is 46.8 Å². The van der Waals surface area contributed by atoms with E-state index < -0.39 is 11.2 Å². The summed E-state index contributed by atoms with van der Waals surface area (Å²) in [6.07, 6.45) is 0. The molecule has 0 N–H and O–H groups in total. The molecule has 0 amide bonds. The molecule has 1 saturated heterocycles. The Balaban J connectivity index is 1.47. The number of piperazine rings is 1. The standard InChI is InChI=1S/C25H26F2N6O2/c1-29-23-22(24(34)30(2)25(29)35)33(15-17-7-9-18(26)10-8-17)21(28-23)16-31-11-13-32(14-12-31)20-6-4-3-5-19(20)27/h3-10H,11-16H2,1-2H3. The summed E-state index contributed by atoms with van der Waals surface area (Å²) in [5.41, 5.74) is 1.19. The maximum Gasteiger partial charge on any atom is 0.332 e. The second-order valence-electron chi connectivity index (χ2n) is 8.83. The van der Waals surface area contributed by atoms with E-state index in [9.17, 15) is 18.4 Å². The minimum absolute atomic E-state index is 0.237. The molecule has 182 valence electrons. The van der Waals surface area contributed by atoms with E-state index in [0.29, 0.717) is 61.9 Å². The first-order valence-corrected chi connectivity index (χ1v) is 11.4. The Kier molecular flexibility index (Phi) is 5.98. The Morgan fingerprint density at radius 3 is 2.23 bits per heavy atom. The van der Waals surface area contributed by atoms with Gasteiger partial charge in [-0.3, -0.25) is 18.8 Å². The number of fused-ring (bicyclic) bond motifs is 1. The van der Waals surface area contributed by atoms with Crippen molar-refractivity contribution in [3.8, 4) is 0 Å². The minimum Gasteiger partial charge on any atom is -0.367 e. The molecule has 0 unspecified atom stereocenters. The molecule has 2 aromatic heterocycles. The molecule has 0 aliphatic carbocycles. The van der Waals surface area contributed by atoms with E-state index in [1.54, 1.807) is 31.3 Å². The Hall–Kier alpha value is -3.79. The van der Waals surface area contributed by atoms with Gasteiger partial charge in [-0.15, -0.1) is 0 Å². The van der Waals surface area contributed by atoms with Crippen LogP contribution >= 0.6 is 0 Å². The van der Waals surface area contributed by atoms with Gasteiger partial charge in [-0.1, -0.05) is 24.3 Å². The summed E-state index contributed by atoms with van der Waals surface area (Å²) in [5, 5.41) is 0. The zero-order chi connectivity index (χ0) is 24.7. The Labute approximate surface area is 200 Å². The summed E-state index contributed by atoms with van der Waals surface area (Å²) in [5.74, 6) is 0.0660. The molecule has 1 aliphatic heterocycles. The van der Waals surface area contributed by atoms with Crippen molar-refractivity contribution in [1.29, 1.82) is 0 Å². The van der Waals surface area contributed by atoms with Crippen LogP contribution in [0.4, 0.5) is 14.5 Å². The fourth-order valence-electron chi connectivity index (χ4n) is 4.61. The van der Waals surface area contributed by atoms with E-state index in [-0.39, 0.29) is 11.6 Å².